The molecule has 33 heavy (non-hydrogen) atoms. The first-order valence-electron chi connectivity index (χ1n) is 11.5. The summed E-state index contributed by atoms with van der Waals surface area (Å²) in [6.45, 7) is 9.20. The third kappa shape index (κ3) is 11.9. The Morgan fingerprint density at radius 2 is 1.58 bits per heavy atom. The van der Waals surface area contributed by atoms with E-state index in [1.807, 2.05) is 19.9 Å². The normalized spacial score (nSPS) is 17.1. The van der Waals surface area contributed by atoms with Crippen molar-refractivity contribution in [2.75, 3.05) is 50.5 Å². The Hall–Kier alpha value is -1.61. The lowest BCUT2D eigenvalue weighted by molar-refractivity contribution is -0.150. The van der Waals surface area contributed by atoms with E-state index < -0.39 is 0 Å². The zero-order valence-corrected chi connectivity index (χ0v) is 21.2. The highest BCUT2D eigenvalue weighted by atomic mass is 35.5. The van der Waals surface area contributed by atoms with E-state index >= 15 is 0 Å². The van der Waals surface area contributed by atoms with Crippen molar-refractivity contribution in [3.8, 4) is 0 Å². The number of likely N-dealkylation sites (tertiary alicyclic amines) is 1. The van der Waals surface area contributed by atoms with Gasteiger partial charge in [-0.15, -0.1) is 23.2 Å². The number of carbonyl (C=O) groups excluding carboxylic acids is 2. The van der Waals surface area contributed by atoms with Gasteiger partial charge in [0, 0.05) is 12.7 Å². The second-order valence-electron chi connectivity index (χ2n) is 7.75. The molecule has 0 amide bonds. The van der Waals surface area contributed by atoms with E-state index in [2.05, 4.69) is 15.2 Å². The van der Waals surface area contributed by atoms with Gasteiger partial charge in [0.2, 0.25) is 0 Å². The number of nitrogen functional groups attached to an aromatic ring is 1. The molecule has 0 unspecified atom stereocenters. The minimum atomic E-state index is -0.0504. The number of anilines is 1. The molecule has 2 fully saturated rings. The van der Waals surface area contributed by atoms with Crippen LogP contribution in [0.5, 0.6) is 0 Å². The van der Waals surface area contributed by atoms with E-state index in [1.54, 1.807) is 12.4 Å². The Balaban J connectivity index is 0.000000329. The molecule has 2 aliphatic heterocycles. The molecule has 10 heteroatoms. The molecule has 0 radical (unpaired) electrons. The van der Waals surface area contributed by atoms with Crippen LogP contribution in [0.25, 0.3) is 0 Å². The molecule has 188 valence electrons. The molecule has 0 saturated carbocycles. The molecular formula is C23H38Cl2N4O4. The number of esters is 2. The van der Waals surface area contributed by atoms with E-state index in [0.29, 0.717) is 13.2 Å². The van der Waals surface area contributed by atoms with Gasteiger partial charge in [0.25, 0.3) is 0 Å². The predicted octanol–water partition coefficient (Wildman–Crippen LogP) is 3.41. The molecule has 0 aromatic carbocycles. The fourth-order valence-electron chi connectivity index (χ4n) is 3.72. The van der Waals surface area contributed by atoms with Crippen LogP contribution in [0.1, 0.15) is 45.1 Å². The number of nitrogens with zero attached hydrogens (tertiary/aromatic N) is 2. The van der Waals surface area contributed by atoms with Crippen molar-refractivity contribution in [3.05, 3.63) is 24.0 Å². The largest absolute Gasteiger partial charge is 0.466 e. The van der Waals surface area contributed by atoms with Gasteiger partial charge >= 0.3 is 11.9 Å². The van der Waals surface area contributed by atoms with Gasteiger partial charge in [-0.3, -0.25) is 19.5 Å². The third-order valence-corrected chi connectivity index (χ3v) is 5.51. The van der Waals surface area contributed by atoms with Crippen molar-refractivity contribution in [1.29, 1.82) is 0 Å². The van der Waals surface area contributed by atoms with E-state index in [0.717, 1.165) is 69.7 Å². The monoisotopic (exact) mass is 504 g/mol. The fourth-order valence-corrected chi connectivity index (χ4v) is 3.72. The van der Waals surface area contributed by atoms with Crippen LogP contribution < -0.4 is 11.1 Å². The number of halogens is 2. The van der Waals surface area contributed by atoms with Crippen LogP contribution in [-0.4, -0.2) is 66.6 Å². The number of nitrogens with one attached hydrogen (secondary N) is 1. The summed E-state index contributed by atoms with van der Waals surface area (Å²) in [4.78, 5) is 29.1. The summed E-state index contributed by atoms with van der Waals surface area (Å²) in [5.74, 6) is 0.141. The number of alkyl halides is 2. The molecule has 3 N–H and O–H groups in total. The summed E-state index contributed by atoms with van der Waals surface area (Å²) < 4.78 is 9.98. The molecule has 0 aliphatic carbocycles. The number of piperidine rings is 2. The maximum absolute atomic E-state index is 11.6. The summed E-state index contributed by atoms with van der Waals surface area (Å²) in [6.07, 6.45) is 7.03. The van der Waals surface area contributed by atoms with Gasteiger partial charge in [0.05, 0.1) is 42.3 Å². The fraction of sp³-hybridized carbons (Fsp3) is 0.696. The number of hydrogen-bond donors (Lipinski definition) is 2. The first-order chi connectivity index (χ1) is 16.0. The third-order valence-electron chi connectivity index (χ3n) is 5.51. The molecule has 1 aromatic rings. The zero-order valence-electron chi connectivity index (χ0n) is 19.7. The molecule has 3 heterocycles. The summed E-state index contributed by atoms with van der Waals surface area (Å²) in [7, 11) is 0. The lowest BCUT2D eigenvalue weighted by Gasteiger charge is -2.31. The predicted molar refractivity (Wildman–Crippen MR) is 132 cm³/mol. The Kier molecular flexibility index (Phi) is 15.9. The minimum Gasteiger partial charge on any atom is -0.466 e. The highest BCUT2D eigenvalue weighted by molar-refractivity contribution is 6.40. The molecule has 3 rings (SSSR count). The molecule has 2 aliphatic rings. The molecule has 0 bridgehead atoms. The second kappa shape index (κ2) is 17.8. The summed E-state index contributed by atoms with van der Waals surface area (Å²) >= 11 is 9.53. The van der Waals surface area contributed by atoms with Crippen molar-refractivity contribution >= 4 is 40.8 Å². The van der Waals surface area contributed by atoms with Crippen LogP contribution >= 0.6 is 23.2 Å². The van der Waals surface area contributed by atoms with E-state index in [9.17, 15) is 9.59 Å². The Bertz CT molecular complexity index is 682. The van der Waals surface area contributed by atoms with Crippen molar-refractivity contribution in [2.24, 2.45) is 11.8 Å². The van der Waals surface area contributed by atoms with E-state index in [-0.39, 0.29) is 29.1 Å². The Morgan fingerprint density at radius 3 is 2.06 bits per heavy atom. The van der Waals surface area contributed by atoms with Crippen LogP contribution in [0.15, 0.2) is 18.5 Å². The lowest BCUT2D eigenvalue weighted by Crippen LogP contribution is -2.36. The average Bonchev–Trinajstić information content (AvgIpc) is 2.83. The second-order valence-corrected chi connectivity index (χ2v) is 8.56. The molecule has 0 spiro atoms. The number of aromatic nitrogens is 1. The quantitative estimate of drug-likeness (QED) is 0.448. The molecule has 0 atom stereocenters. The molecule has 2 saturated heterocycles. The summed E-state index contributed by atoms with van der Waals surface area (Å²) in [5.41, 5.74) is 7.72. The topological polar surface area (TPSA) is 107 Å². The SMILES string of the molecule is CCOC(=O)C1CCN(Cc2ccncc2N)CC1.CCOC(=O)C1CCNCC1.ClCCl. The molecule has 8 nitrogen and oxygen atoms in total. The van der Waals surface area contributed by atoms with Crippen molar-refractivity contribution in [2.45, 2.75) is 46.1 Å². The van der Waals surface area contributed by atoms with Crippen molar-refractivity contribution < 1.29 is 19.1 Å². The van der Waals surface area contributed by atoms with Crippen molar-refractivity contribution in [1.82, 2.24) is 15.2 Å². The number of hydrogen-bond acceptors (Lipinski definition) is 8. The van der Waals surface area contributed by atoms with Crippen LogP contribution in [0.3, 0.4) is 0 Å². The Labute approximate surface area is 207 Å². The number of nitrogens with two attached hydrogens (primary N) is 1. The smallest absolute Gasteiger partial charge is 0.309 e. The van der Waals surface area contributed by atoms with Gasteiger partial charge < -0.3 is 20.5 Å². The van der Waals surface area contributed by atoms with Gasteiger partial charge in [-0.25, -0.2) is 0 Å². The lowest BCUT2D eigenvalue weighted by atomic mass is 9.96. The Morgan fingerprint density at radius 1 is 1.06 bits per heavy atom. The highest BCUT2D eigenvalue weighted by Crippen LogP contribution is 2.21. The first-order valence-corrected chi connectivity index (χ1v) is 12.6. The van der Waals surface area contributed by atoms with Crippen molar-refractivity contribution in [3.63, 3.8) is 0 Å². The van der Waals surface area contributed by atoms with Crippen LogP contribution in [0.2, 0.25) is 0 Å². The zero-order chi connectivity index (χ0) is 24.5. The highest BCUT2D eigenvalue weighted by Gasteiger charge is 2.26. The number of ether oxygens (including phenoxy) is 2. The maximum Gasteiger partial charge on any atom is 0.309 e. The first kappa shape index (κ1) is 29.4. The van der Waals surface area contributed by atoms with Crippen LogP contribution in [0, 0.1) is 11.8 Å². The van der Waals surface area contributed by atoms with E-state index in [4.69, 9.17) is 38.4 Å². The maximum atomic E-state index is 11.6. The average molecular weight is 505 g/mol. The number of carbonyl (C=O) groups is 2. The van der Waals surface area contributed by atoms with Gasteiger partial charge in [0.15, 0.2) is 0 Å². The van der Waals surface area contributed by atoms with Crippen LogP contribution in [-0.2, 0) is 25.6 Å². The van der Waals surface area contributed by atoms with Crippen LogP contribution in [0.4, 0.5) is 5.69 Å². The summed E-state index contributed by atoms with van der Waals surface area (Å²) in [6, 6.07) is 1.95. The number of rotatable bonds is 6. The standard InChI is InChI=1S/C14H21N3O2.C8H15NO2.CH2Cl2/c1-2-19-14(18)11-4-7-17(8-5-11)10-12-3-6-16-9-13(12)15;1-2-11-8(10)7-3-5-9-6-4-7;2-1-3/h3,6,9,11H,2,4-5,7-8,10,15H2,1H3;7,9H,2-6H2,1H3;1H2. The van der Waals surface area contributed by atoms with Gasteiger partial charge in [0.1, 0.15) is 0 Å². The van der Waals surface area contributed by atoms with Gasteiger partial charge in [-0.2, -0.15) is 0 Å². The summed E-state index contributed by atoms with van der Waals surface area (Å²) in [5, 5.41) is 3.40. The van der Waals surface area contributed by atoms with Gasteiger partial charge in [-0.05, 0) is 77.3 Å². The van der Waals surface area contributed by atoms with Gasteiger partial charge in [-0.1, -0.05) is 0 Å². The minimum absolute atomic E-state index is 0.0194. The van der Waals surface area contributed by atoms with E-state index in [1.165, 1.54) is 0 Å². The molecular weight excluding hydrogens is 467 g/mol. The number of pyridine rings is 1. The molecule has 1 aromatic heterocycles.